The minimum absolute atomic E-state index is 0. The van der Waals surface area contributed by atoms with Crippen molar-refractivity contribution in [3.63, 3.8) is 0 Å². The first-order chi connectivity index (χ1) is 13.5. The number of halogens is 1. The summed E-state index contributed by atoms with van der Waals surface area (Å²) in [5, 5.41) is 17.2. The van der Waals surface area contributed by atoms with Crippen LogP contribution in [0.4, 0.5) is 22.0 Å². The first-order valence-electron chi connectivity index (χ1n) is 8.26. The normalized spacial score (nSPS) is 10.4. The van der Waals surface area contributed by atoms with Gasteiger partial charge >= 0.3 is 6.08 Å². The fraction of sp³-hybridized carbons (Fsp3) is 0.294. The molecule has 0 fully saturated rings. The minimum Gasteiger partial charge on any atom is -0.382 e. The van der Waals surface area contributed by atoms with Crippen molar-refractivity contribution in [3.05, 3.63) is 52.9 Å². The van der Waals surface area contributed by atoms with Gasteiger partial charge in [0.25, 0.3) is 0 Å². The zero-order valence-corrected chi connectivity index (χ0v) is 16.0. The van der Waals surface area contributed by atoms with Crippen LogP contribution in [0.5, 0.6) is 0 Å². The Morgan fingerprint density at radius 2 is 1.40 bits per heavy atom. The summed E-state index contributed by atoms with van der Waals surface area (Å²) in [6, 6.07) is 7.10. The predicted molar refractivity (Wildman–Crippen MR) is 113 cm³/mol. The van der Waals surface area contributed by atoms with Crippen LogP contribution >= 0.6 is 0 Å². The van der Waals surface area contributed by atoms with Gasteiger partial charge in [0.1, 0.15) is 11.0 Å². The van der Waals surface area contributed by atoms with E-state index >= 15 is 0 Å². The van der Waals surface area contributed by atoms with Crippen LogP contribution in [-0.2, 0) is 0 Å². The molecule has 4 aromatic heterocycles. The Hall–Kier alpha value is -4.03. The molecule has 0 saturated heterocycles. The molecule has 4 heterocycles. The zero-order chi connectivity index (χ0) is 21.8. The SMILES string of the molecule is C.CC(C)(C)[N+](=O)[O-].Nc1nc(F)nn2cccc12.Nc1nc(N)c2cccn2n1. The van der Waals surface area contributed by atoms with Crippen molar-refractivity contribution >= 4 is 28.6 Å². The van der Waals surface area contributed by atoms with Crippen molar-refractivity contribution < 1.29 is 9.31 Å². The molecule has 0 aromatic carbocycles. The van der Waals surface area contributed by atoms with Gasteiger partial charge in [0.15, 0.2) is 11.6 Å². The number of anilines is 3. The van der Waals surface area contributed by atoms with Gasteiger partial charge in [0, 0.05) is 38.1 Å². The van der Waals surface area contributed by atoms with Crippen LogP contribution in [-0.4, -0.2) is 39.7 Å². The Morgan fingerprint density at radius 3 is 1.87 bits per heavy atom. The Bertz CT molecular complexity index is 1050. The van der Waals surface area contributed by atoms with E-state index in [1.165, 1.54) is 4.52 Å². The first kappa shape index (κ1) is 24.0. The summed E-state index contributed by atoms with van der Waals surface area (Å²) in [5.41, 5.74) is 16.9. The molecule has 0 amide bonds. The molecule has 13 heteroatoms. The molecule has 0 bridgehead atoms. The third-order valence-corrected chi connectivity index (χ3v) is 3.38. The molecule has 162 valence electrons. The van der Waals surface area contributed by atoms with E-state index in [-0.39, 0.29) is 24.1 Å². The van der Waals surface area contributed by atoms with E-state index in [9.17, 15) is 14.5 Å². The largest absolute Gasteiger partial charge is 0.382 e. The van der Waals surface area contributed by atoms with E-state index in [1.54, 1.807) is 49.8 Å². The minimum atomic E-state index is -0.814. The summed E-state index contributed by atoms with van der Waals surface area (Å²) in [7, 11) is 0. The highest BCUT2D eigenvalue weighted by atomic mass is 19.1. The quantitative estimate of drug-likeness (QED) is 0.283. The molecule has 0 spiro atoms. The Kier molecular flexibility index (Phi) is 7.56. The molecule has 4 rings (SSSR count). The molecule has 0 saturated carbocycles. The summed E-state index contributed by atoms with van der Waals surface area (Å²) >= 11 is 0. The second kappa shape index (κ2) is 9.45. The molecule has 0 atom stereocenters. The summed E-state index contributed by atoms with van der Waals surface area (Å²) in [4.78, 5) is 16.7. The molecule has 0 unspecified atom stereocenters. The summed E-state index contributed by atoms with van der Waals surface area (Å²) in [5.74, 6) is 0.746. The molecule has 0 aliphatic heterocycles. The number of aromatic nitrogens is 6. The van der Waals surface area contributed by atoms with Gasteiger partial charge in [0.05, 0.1) is 0 Å². The van der Waals surface area contributed by atoms with E-state index in [0.717, 1.165) is 5.52 Å². The third-order valence-electron chi connectivity index (χ3n) is 3.38. The molecule has 6 N–H and O–H groups in total. The molecule has 0 aliphatic rings. The van der Waals surface area contributed by atoms with Gasteiger partial charge in [-0.05, 0) is 24.3 Å². The number of rotatable bonds is 0. The van der Waals surface area contributed by atoms with Crippen molar-refractivity contribution in [2.45, 2.75) is 33.7 Å². The number of nitrogens with zero attached hydrogens (tertiary/aromatic N) is 7. The maximum absolute atomic E-state index is 12.5. The number of nitro groups is 1. The van der Waals surface area contributed by atoms with E-state index < -0.39 is 11.6 Å². The number of fused-ring (bicyclic) bond motifs is 2. The fourth-order valence-electron chi connectivity index (χ4n) is 1.91. The van der Waals surface area contributed by atoms with Crippen LogP contribution in [0, 0.1) is 16.2 Å². The van der Waals surface area contributed by atoms with Crippen molar-refractivity contribution in [1.82, 2.24) is 29.2 Å². The summed E-state index contributed by atoms with van der Waals surface area (Å²) in [6.07, 6.45) is 2.56. The molecule has 30 heavy (non-hydrogen) atoms. The van der Waals surface area contributed by atoms with E-state index in [0.29, 0.717) is 11.3 Å². The van der Waals surface area contributed by atoms with Crippen LogP contribution in [0.1, 0.15) is 28.2 Å². The van der Waals surface area contributed by atoms with Gasteiger partial charge in [-0.2, -0.15) is 14.4 Å². The lowest BCUT2D eigenvalue weighted by Gasteiger charge is -2.05. The molecule has 0 radical (unpaired) electrons. The lowest BCUT2D eigenvalue weighted by atomic mass is 10.1. The molecule has 4 aromatic rings. The monoisotopic (exact) mass is 420 g/mol. The Morgan fingerprint density at radius 1 is 0.967 bits per heavy atom. The average Bonchev–Trinajstić information content (AvgIpc) is 3.24. The second-order valence-corrected chi connectivity index (χ2v) is 6.73. The maximum atomic E-state index is 12.5. The van der Waals surface area contributed by atoms with Gasteiger partial charge in [-0.25, -0.2) is 9.03 Å². The van der Waals surface area contributed by atoms with E-state index in [4.69, 9.17) is 17.2 Å². The Labute approximate surface area is 171 Å². The summed E-state index contributed by atoms with van der Waals surface area (Å²) in [6.45, 7) is 4.69. The molecule has 12 nitrogen and oxygen atoms in total. The summed E-state index contributed by atoms with van der Waals surface area (Å²) < 4.78 is 15.4. The average molecular weight is 420 g/mol. The molecular weight excluding hydrogens is 395 g/mol. The molecule has 0 aliphatic carbocycles. The highest BCUT2D eigenvalue weighted by Crippen LogP contribution is 2.10. The van der Waals surface area contributed by atoms with Crippen molar-refractivity contribution in [3.8, 4) is 0 Å². The highest BCUT2D eigenvalue weighted by molar-refractivity contribution is 5.65. The molecular formula is C17H25FN10O2. The van der Waals surface area contributed by atoms with Gasteiger partial charge in [-0.15, -0.1) is 10.2 Å². The van der Waals surface area contributed by atoms with Crippen LogP contribution in [0.15, 0.2) is 36.7 Å². The zero-order valence-electron chi connectivity index (χ0n) is 16.0. The topological polar surface area (TPSA) is 182 Å². The number of nitrogens with two attached hydrogens (primary N) is 3. The van der Waals surface area contributed by atoms with Gasteiger partial charge in [-0.1, -0.05) is 7.43 Å². The van der Waals surface area contributed by atoms with Crippen LogP contribution in [0.2, 0.25) is 0 Å². The van der Waals surface area contributed by atoms with Gasteiger partial charge < -0.3 is 17.2 Å². The van der Waals surface area contributed by atoms with Gasteiger partial charge in [-0.3, -0.25) is 10.1 Å². The van der Waals surface area contributed by atoms with Crippen LogP contribution in [0.3, 0.4) is 0 Å². The van der Waals surface area contributed by atoms with E-state index in [2.05, 4.69) is 20.2 Å². The Balaban J connectivity index is 0.000000229. The fourth-order valence-corrected chi connectivity index (χ4v) is 1.91. The maximum Gasteiger partial charge on any atom is 0.327 e. The van der Waals surface area contributed by atoms with Crippen molar-refractivity contribution in [2.24, 2.45) is 0 Å². The number of hydrogen-bond donors (Lipinski definition) is 3. The smallest absolute Gasteiger partial charge is 0.327 e. The predicted octanol–water partition coefficient (Wildman–Crippen LogP) is 2.04. The van der Waals surface area contributed by atoms with Crippen molar-refractivity contribution in [1.29, 1.82) is 0 Å². The van der Waals surface area contributed by atoms with Crippen LogP contribution < -0.4 is 17.2 Å². The number of hydrogen-bond acceptors (Lipinski definition) is 9. The standard InChI is InChI=1S/C6H5FN4.C6H7N5.C4H9NO2.CH4/c7-6-9-5(8)4-2-1-3-11(4)10-6;7-5-4-2-1-3-11(4)10-6(8)9-5;1-4(2,3)5(6)7;/h1-3H,(H2,8,9,10);1-3H,(H4,7,8,9,10);1-3H3;1H4. The first-order valence-corrected chi connectivity index (χ1v) is 8.26. The van der Waals surface area contributed by atoms with Crippen LogP contribution in [0.25, 0.3) is 11.0 Å². The lowest BCUT2D eigenvalue weighted by Crippen LogP contribution is -2.25. The number of nitrogen functional groups attached to an aromatic ring is 3. The lowest BCUT2D eigenvalue weighted by molar-refractivity contribution is -0.555. The van der Waals surface area contributed by atoms with E-state index in [1.807, 2.05) is 12.1 Å². The van der Waals surface area contributed by atoms with Gasteiger partial charge in [0.2, 0.25) is 11.5 Å². The third kappa shape index (κ3) is 5.98. The second-order valence-electron chi connectivity index (χ2n) is 6.73. The highest BCUT2D eigenvalue weighted by Gasteiger charge is 2.21. The van der Waals surface area contributed by atoms with Crippen molar-refractivity contribution in [2.75, 3.05) is 17.2 Å².